The van der Waals surface area contributed by atoms with E-state index in [1.165, 1.54) is 6.08 Å². The summed E-state index contributed by atoms with van der Waals surface area (Å²) < 4.78 is 0. The van der Waals surface area contributed by atoms with E-state index in [-0.39, 0.29) is 18.2 Å². The molecule has 0 aliphatic rings. The molecule has 1 aromatic carbocycles. The second kappa shape index (κ2) is 6.49. The Morgan fingerprint density at radius 3 is 2.47 bits per heavy atom. The SMILES string of the molecule is CN(C)C=CC(=O)c1ccccc1Cl.Cl. The van der Waals surface area contributed by atoms with Crippen LogP contribution in [0.25, 0.3) is 0 Å². The van der Waals surface area contributed by atoms with E-state index in [1.807, 2.05) is 14.1 Å². The molecule has 2 nitrogen and oxygen atoms in total. The fraction of sp³-hybridized carbons (Fsp3) is 0.182. The zero-order valence-corrected chi connectivity index (χ0v) is 10.2. The zero-order chi connectivity index (χ0) is 10.6. The lowest BCUT2D eigenvalue weighted by atomic mass is 10.1. The predicted molar refractivity (Wildman–Crippen MR) is 65.9 cm³/mol. The predicted octanol–water partition coefficient (Wildman–Crippen LogP) is 3.02. The van der Waals surface area contributed by atoms with Gasteiger partial charge in [0, 0.05) is 31.9 Å². The Labute approximate surface area is 101 Å². The molecule has 0 bridgehead atoms. The van der Waals surface area contributed by atoms with Crippen molar-refractivity contribution in [2.45, 2.75) is 0 Å². The minimum atomic E-state index is -0.0794. The van der Waals surface area contributed by atoms with Crippen molar-refractivity contribution in [2.24, 2.45) is 0 Å². The number of hydrogen-bond donors (Lipinski definition) is 0. The van der Waals surface area contributed by atoms with Crippen LogP contribution in [0.15, 0.2) is 36.5 Å². The molecule has 0 amide bonds. The third-order valence-electron chi connectivity index (χ3n) is 1.66. The fourth-order valence-electron chi connectivity index (χ4n) is 0.968. The Bertz CT molecular complexity index is 361. The van der Waals surface area contributed by atoms with Gasteiger partial charge in [-0.05, 0) is 12.1 Å². The van der Waals surface area contributed by atoms with E-state index < -0.39 is 0 Å². The van der Waals surface area contributed by atoms with Gasteiger partial charge < -0.3 is 4.90 Å². The summed E-state index contributed by atoms with van der Waals surface area (Å²) in [6, 6.07) is 7.01. The van der Waals surface area contributed by atoms with Crippen LogP contribution in [0.2, 0.25) is 5.02 Å². The van der Waals surface area contributed by atoms with Crippen LogP contribution in [0, 0.1) is 0 Å². The number of carbonyl (C=O) groups excluding carboxylic acids is 1. The molecule has 0 heterocycles. The minimum absolute atomic E-state index is 0. The van der Waals surface area contributed by atoms with Gasteiger partial charge in [0.2, 0.25) is 0 Å². The van der Waals surface area contributed by atoms with Gasteiger partial charge in [-0.15, -0.1) is 12.4 Å². The van der Waals surface area contributed by atoms with Crippen LogP contribution in [-0.4, -0.2) is 24.8 Å². The lowest BCUT2D eigenvalue weighted by molar-refractivity contribution is 0.104. The number of benzene rings is 1. The van der Waals surface area contributed by atoms with E-state index in [9.17, 15) is 4.79 Å². The molecule has 82 valence electrons. The first-order valence-corrected chi connectivity index (χ1v) is 4.62. The fourth-order valence-corrected chi connectivity index (χ4v) is 1.20. The van der Waals surface area contributed by atoms with Gasteiger partial charge >= 0.3 is 0 Å². The van der Waals surface area contributed by atoms with Gasteiger partial charge in [-0.1, -0.05) is 23.7 Å². The Morgan fingerprint density at radius 2 is 1.93 bits per heavy atom. The van der Waals surface area contributed by atoms with E-state index >= 15 is 0 Å². The van der Waals surface area contributed by atoms with Crippen LogP contribution in [0.4, 0.5) is 0 Å². The first-order valence-electron chi connectivity index (χ1n) is 4.25. The van der Waals surface area contributed by atoms with E-state index in [0.29, 0.717) is 10.6 Å². The topological polar surface area (TPSA) is 20.3 Å². The van der Waals surface area contributed by atoms with Crippen molar-refractivity contribution in [3.05, 3.63) is 47.1 Å². The molecule has 0 N–H and O–H groups in total. The van der Waals surface area contributed by atoms with Crippen molar-refractivity contribution in [1.29, 1.82) is 0 Å². The van der Waals surface area contributed by atoms with Crippen LogP contribution in [0.5, 0.6) is 0 Å². The summed E-state index contributed by atoms with van der Waals surface area (Å²) in [6.45, 7) is 0. The minimum Gasteiger partial charge on any atom is -0.383 e. The summed E-state index contributed by atoms with van der Waals surface area (Å²) in [5.41, 5.74) is 0.535. The number of nitrogens with zero attached hydrogens (tertiary/aromatic N) is 1. The molecule has 0 saturated heterocycles. The van der Waals surface area contributed by atoms with E-state index in [0.717, 1.165) is 0 Å². The van der Waals surface area contributed by atoms with Gasteiger partial charge in [0.1, 0.15) is 0 Å². The summed E-state index contributed by atoms with van der Waals surface area (Å²) in [6.07, 6.45) is 3.20. The van der Waals surface area contributed by atoms with Crippen molar-refractivity contribution in [1.82, 2.24) is 4.90 Å². The van der Waals surface area contributed by atoms with Crippen molar-refractivity contribution < 1.29 is 4.79 Å². The lowest BCUT2D eigenvalue weighted by Gasteiger charge is -2.03. The second-order valence-electron chi connectivity index (χ2n) is 3.12. The van der Waals surface area contributed by atoms with Gasteiger partial charge in [-0.25, -0.2) is 0 Å². The van der Waals surface area contributed by atoms with Crippen LogP contribution >= 0.6 is 24.0 Å². The molecule has 0 atom stereocenters. The van der Waals surface area contributed by atoms with Gasteiger partial charge in [0.05, 0.1) is 5.02 Å². The van der Waals surface area contributed by atoms with Crippen LogP contribution in [0.3, 0.4) is 0 Å². The first kappa shape index (κ1) is 14.0. The van der Waals surface area contributed by atoms with Crippen molar-refractivity contribution >= 4 is 29.8 Å². The number of allylic oxidation sites excluding steroid dienone is 1. The molecule has 0 spiro atoms. The molecular formula is C11H13Cl2NO. The number of halogens is 2. The molecule has 0 fully saturated rings. The van der Waals surface area contributed by atoms with Crippen molar-refractivity contribution in [3.8, 4) is 0 Å². The molecule has 0 aliphatic heterocycles. The standard InChI is InChI=1S/C11H12ClNO.ClH/c1-13(2)8-7-11(14)9-5-3-4-6-10(9)12;/h3-8H,1-2H3;1H. The molecule has 15 heavy (non-hydrogen) atoms. The number of rotatable bonds is 3. The quantitative estimate of drug-likeness (QED) is 0.603. The Hall–Kier alpha value is -0.990. The molecule has 0 radical (unpaired) electrons. The Morgan fingerprint density at radius 1 is 1.33 bits per heavy atom. The zero-order valence-electron chi connectivity index (χ0n) is 8.61. The number of hydrogen-bond acceptors (Lipinski definition) is 2. The summed E-state index contributed by atoms with van der Waals surface area (Å²) in [5, 5.41) is 0.487. The Kier molecular flexibility index (Phi) is 6.06. The molecule has 0 aliphatic carbocycles. The maximum Gasteiger partial charge on any atom is 0.188 e. The lowest BCUT2D eigenvalue weighted by Crippen LogP contribution is -2.03. The van der Waals surface area contributed by atoms with E-state index in [2.05, 4.69) is 0 Å². The summed E-state index contributed by atoms with van der Waals surface area (Å²) >= 11 is 5.87. The average Bonchev–Trinajstić information content (AvgIpc) is 2.15. The molecule has 1 aromatic rings. The van der Waals surface area contributed by atoms with Crippen molar-refractivity contribution in [2.75, 3.05) is 14.1 Å². The highest BCUT2D eigenvalue weighted by molar-refractivity contribution is 6.34. The monoisotopic (exact) mass is 245 g/mol. The summed E-state index contributed by atoms with van der Waals surface area (Å²) in [5.74, 6) is -0.0794. The van der Waals surface area contributed by atoms with E-state index in [1.54, 1.807) is 35.4 Å². The first-order chi connectivity index (χ1) is 6.61. The molecule has 1 rings (SSSR count). The highest BCUT2D eigenvalue weighted by atomic mass is 35.5. The molecule has 0 saturated carbocycles. The van der Waals surface area contributed by atoms with Crippen LogP contribution in [0.1, 0.15) is 10.4 Å². The summed E-state index contributed by atoms with van der Waals surface area (Å²) in [7, 11) is 3.72. The third kappa shape index (κ3) is 4.36. The molecule has 4 heteroatoms. The smallest absolute Gasteiger partial charge is 0.188 e. The van der Waals surface area contributed by atoms with Gasteiger partial charge in [0.25, 0.3) is 0 Å². The average molecular weight is 246 g/mol. The maximum atomic E-state index is 11.6. The molecule has 0 aromatic heterocycles. The van der Waals surface area contributed by atoms with Gasteiger partial charge in [0.15, 0.2) is 5.78 Å². The van der Waals surface area contributed by atoms with Crippen LogP contribution < -0.4 is 0 Å². The highest BCUT2D eigenvalue weighted by Gasteiger charge is 2.05. The third-order valence-corrected chi connectivity index (χ3v) is 1.99. The highest BCUT2D eigenvalue weighted by Crippen LogP contribution is 2.15. The van der Waals surface area contributed by atoms with Gasteiger partial charge in [-0.2, -0.15) is 0 Å². The van der Waals surface area contributed by atoms with E-state index in [4.69, 9.17) is 11.6 Å². The second-order valence-corrected chi connectivity index (χ2v) is 3.53. The van der Waals surface area contributed by atoms with Crippen molar-refractivity contribution in [3.63, 3.8) is 0 Å². The Balaban J connectivity index is 0.00000196. The molecular weight excluding hydrogens is 233 g/mol. The number of ketones is 1. The maximum absolute atomic E-state index is 11.6. The van der Waals surface area contributed by atoms with Crippen LogP contribution in [-0.2, 0) is 0 Å². The molecule has 0 unspecified atom stereocenters. The number of carbonyl (C=O) groups is 1. The largest absolute Gasteiger partial charge is 0.383 e. The summed E-state index contributed by atoms with van der Waals surface area (Å²) in [4.78, 5) is 13.4. The normalized spacial score (nSPS) is 9.80. The van der Waals surface area contributed by atoms with Gasteiger partial charge in [-0.3, -0.25) is 4.79 Å².